The first-order valence-corrected chi connectivity index (χ1v) is 9.24. The van der Waals surface area contributed by atoms with Gasteiger partial charge < -0.3 is 0 Å². The summed E-state index contributed by atoms with van der Waals surface area (Å²) in [5.41, 5.74) is 1.29. The number of pyridine rings is 1. The molecule has 1 unspecified atom stereocenters. The minimum Gasteiger partial charge on any atom is -0.295 e. The van der Waals surface area contributed by atoms with E-state index in [2.05, 4.69) is 15.8 Å². The molecule has 3 aromatic rings. The molecule has 0 aliphatic heterocycles. The molecule has 0 amide bonds. The number of halogens is 1. The van der Waals surface area contributed by atoms with Gasteiger partial charge in [0.1, 0.15) is 5.65 Å². The van der Waals surface area contributed by atoms with Crippen molar-refractivity contribution in [2.75, 3.05) is 6.26 Å². The lowest BCUT2D eigenvalue weighted by molar-refractivity contribution is 0.677. The molecular weight excluding hydrogens is 334 g/mol. The van der Waals surface area contributed by atoms with Crippen LogP contribution >= 0.6 is 11.6 Å². The summed E-state index contributed by atoms with van der Waals surface area (Å²) < 4.78 is 13.4. The van der Waals surface area contributed by atoms with Gasteiger partial charge in [-0.1, -0.05) is 29.8 Å². The van der Waals surface area contributed by atoms with Crippen LogP contribution in [0, 0.1) is 0 Å². The fourth-order valence-electron chi connectivity index (χ4n) is 2.31. The third kappa shape index (κ3) is 2.75. The number of benzene rings is 1. The molecule has 7 heteroatoms. The van der Waals surface area contributed by atoms with Crippen LogP contribution in [-0.2, 0) is 16.6 Å². The molecule has 0 aliphatic rings. The van der Waals surface area contributed by atoms with E-state index >= 15 is 0 Å². The van der Waals surface area contributed by atoms with Crippen molar-refractivity contribution in [3.63, 3.8) is 0 Å². The maximum absolute atomic E-state index is 12.7. The molecule has 1 atom stereocenters. The van der Waals surface area contributed by atoms with E-state index in [9.17, 15) is 9.00 Å². The second-order valence-electron chi connectivity index (χ2n) is 5.34. The number of aromatic nitrogens is 3. The van der Waals surface area contributed by atoms with E-state index in [-0.39, 0.29) is 10.7 Å². The van der Waals surface area contributed by atoms with Crippen molar-refractivity contribution in [2.45, 2.75) is 5.16 Å². The molecule has 1 aromatic carbocycles. The fraction of sp³-hybridized carbons (Fsp3) is 0.125. The van der Waals surface area contributed by atoms with Crippen LogP contribution in [-0.4, -0.2) is 30.9 Å². The SMILES string of the molecule is C=S(C)(=O)c1ncc2cc(-c3ccccc3Cl)c(=O)n(C)c2n1. The fourth-order valence-corrected chi connectivity index (χ4v) is 3.10. The van der Waals surface area contributed by atoms with E-state index in [0.29, 0.717) is 27.2 Å². The zero-order valence-corrected chi connectivity index (χ0v) is 14.2. The van der Waals surface area contributed by atoms with Gasteiger partial charge in [0.25, 0.3) is 5.56 Å². The van der Waals surface area contributed by atoms with Gasteiger partial charge in [0.15, 0.2) is 0 Å². The summed E-state index contributed by atoms with van der Waals surface area (Å²) in [6.07, 6.45) is 3.01. The average molecular weight is 348 g/mol. The molecule has 0 saturated heterocycles. The Bertz CT molecular complexity index is 1090. The minimum absolute atomic E-state index is 0.130. The second-order valence-corrected chi connectivity index (χ2v) is 8.12. The summed E-state index contributed by atoms with van der Waals surface area (Å²) in [4.78, 5) is 21.0. The first-order valence-electron chi connectivity index (χ1n) is 6.73. The maximum Gasteiger partial charge on any atom is 0.259 e. The van der Waals surface area contributed by atoms with E-state index in [1.165, 1.54) is 10.8 Å². The van der Waals surface area contributed by atoms with Gasteiger partial charge in [0.2, 0.25) is 5.16 Å². The van der Waals surface area contributed by atoms with Gasteiger partial charge in [-0.25, -0.2) is 9.97 Å². The van der Waals surface area contributed by atoms with Crippen molar-refractivity contribution >= 4 is 38.0 Å². The highest BCUT2D eigenvalue weighted by molar-refractivity contribution is 7.99. The van der Waals surface area contributed by atoms with Crippen molar-refractivity contribution < 1.29 is 4.21 Å². The Morgan fingerprint density at radius 3 is 2.61 bits per heavy atom. The summed E-state index contributed by atoms with van der Waals surface area (Å²) in [5, 5.41) is 1.29. The molecular formula is C16H14ClN3O2S. The maximum atomic E-state index is 12.7. The Morgan fingerprint density at radius 1 is 1.26 bits per heavy atom. The number of nitrogens with zero attached hydrogens (tertiary/aromatic N) is 3. The highest BCUT2D eigenvalue weighted by Crippen LogP contribution is 2.26. The highest BCUT2D eigenvalue weighted by Gasteiger charge is 2.14. The van der Waals surface area contributed by atoms with Crippen molar-refractivity contribution in [3.8, 4) is 11.1 Å². The third-order valence-corrected chi connectivity index (χ3v) is 4.78. The summed E-state index contributed by atoms with van der Waals surface area (Å²) in [5.74, 6) is 3.57. The smallest absolute Gasteiger partial charge is 0.259 e. The average Bonchev–Trinajstić information content (AvgIpc) is 2.50. The van der Waals surface area contributed by atoms with Crippen LogP contribution in [0.4, 0.5) is 0 Å². The molecule has 0 saturated carbocycles. The molecule has 118 valence electrons. The molecule has 3 rings (SSSR count). The van der Waals surface area contributed by atoms with Gasteiger partial charge in [0, 0.05) is 50.6 Å². The lowest BCUT2D eigenvalue weighted by atomic mass is 10.1. The van der Waals surface area contributed by atoms with Crippen LogP contribution < -0.4 is 5.56 Å². The quantitative estimate of drug-likeness (QED) is 0.527. The van der Waals surface area contributed by atoms with Gasteiger partial charge in [-0.3, -0.25) is 13.6 Å². The van der Waals surface area contributed by atoms with Gasteiger partial charge in [-0.15, -0.1) is 0 Å². The molecule has 2 aromatic heterocycles. The van der Waals surface area contributed by atoms with Gasteiger partial charge in [-0.05, 0) is 18.0 Å². The Balaban J connectivity index is 2.36. The lowest BCUT2D eigenvalue weighted by Gasteiger charge is -2.10. The molecule has 5 nitrogen and oxygen atoms in total. The number of rotatable bonds is 2. The zero-order chi connectivity index (χ0) is 16.8. The Hall–Kier alpha value is -2.18. The van der Waals surface area contributed by atoms with E-state index in [0.717, 1.165) is 0 Å². The molecule has 0 aliphatic carbocycles. The Morgan fingerprint density at radius 2 is 1.96 bits per heavy atom. The number of aryl methyl sites for hydroxylation is 1. The minimum atomic E-state index is -2.55. The van der Waals surface area contributed by atoms with Crippen LogP contribution in [0.5, 0.6) is 0 Å². The van der Waals surface area contributed by atoms with Crippen LogP contribution in [0.15, 0.2) is 46.5 Å². The van der Waals surface area contributed by atoms with E-state index < -0.39 is 9.52 Å². The molecule has 23 heavy (non-hydrogen) atoms. The molecule has 2 heterocycles. The lowest BCUT2D eigenvalue weighted by Crippen LogP contribution is -2.20. The van der Waals surface area contributed by atoms with Gasteiger partial charge in [0.05, 0.1) is 0 Å². The molecule has 0 fully saturated rings. The van der Waals surface area contributed by atoms with Crippen molar-refractivity contribution in [3.05, 3.63) is 51.9 Å². The van der Waals surface area contributed by atoms with Crippen LogP contribution in [0.25, 0.3) is 22.2 Å². The van der Waals surface area contributed by atoms with Crippen LogP contribution in [0.2, 0.25) is 5.02 Å². The topological polar surface area (TPSA) is 64.8 Å². The first kappa shape index (κ1) is 15.7. The Labute approximate surface area is 138 Å². The third-order valence-electron chi connectivity index (χ3n) is 3.48. The number of hydrogen-bond acceptors (Lipinski definition) is 4. The summed E-state index contributed by atoms with van der Waals surface area (Å²) >= 11 is 6.19. The second kappa shape index (κ2) is 5.47. The highest BCUT2D eigenvalue weighted by atomic mass is 35.5. The van der Waals surface area contributed by atoms with E-state index in [1.54, 1.807) is 37.5 Å². The first-order chi connectivity index (χ1) is 10.8. The summed E-state index contributed by atoms with van der Waals surface area (Å²) in [6.45, 7) is 0. The van der Waals surface area contributed by atoms with Crippen LogP contribution in [0.1, 0.15) is 0 Å². The predicted molar refractivity (Wildman–Crippen MR) is 94.7 cm³/mol. The molecule has 0 spiro atoms. The number of fused-ring (bicyclic) bond motifs is 1. The molecule has 0 bridgehead atoms. The molecule has 0 N–H and O–H groups in total. The van der Waals surface area contributed by atoms with Crippen molar-refractivity contribution in [1.82, 2.24) is 14.5 Å². The Kier molecular flexibility index (Phi) is 3.74. The zero-order valence-electron chi connectivity index (χ0n) is 12.6. The van der Waals surface area contributed by atoms with Crippen molar-refractivity contribution in [2.24, 2.45) is 7.05 Å². The number of hydrogen-bond donors (Lipinski definition) is 0. The van der Waals surface area contributed by atoms with Crippen molar-refractivity contribution in [1.29, 1.82) is 0 Å². The predicted octanol–water partition coefficient (Wildman–Crippen LogP) is 2.35. The monoisotopic (exact) mass is 347 g/mol. The summed E-state index contributed by atoms with van der Waals surface area (Å²) in [6, 6.07) is 8.84. The van der Waals surface area contributed by atoms with E-state index in [1.807, 2.05) is 6.07 Å². The standard InChI is InChI=1S/C16H14ClN3O2S/c1-20-14-10(9-18-16(19-14)23(2,3)22)8-12(15(20)21)11-6-4-5-7-13(11)17/h4-9H,2H2,1,3H3. The molecule has 0 radical (unpaired) electrons. The van der Waals surface area contributed by atoms with Gasteiger partial charge in [-0.2, -0.15) is 0 Å². The van der Waals surface area contributed by atoms with Crippen LogP contribution in [0.3, 0.4) is 0 Å². The summed E-state index contributed by atoms with van der Waals surface area (Å²) in [7, 11) is -0.938. The normalized spacial score (nSPS) is 13.9. The van der Waals surface area contributed by atoms with E-state index in [4.69, 9.17) is 11.6 Å². The van der Waals surface area contributed by atoms with Gasteiger partial charge >= 0.3 is 0 Å². The largest absolute Gasteiger partial charge is 0.295 e.